The number of methoxy groups -OCH3 is 2. The van der Waals surface area contributed by atoms with Gasteiger partial charge in [-0.3, -0.25) is 9.59 Å². The minimum atomic E-state index is -0.698. The Morgan fingerprint density at radius 3 is 1.80 bits per heavy atom. The Morgan fingerprint density at radius 1 is 0.705 bits per heavy atom. The third kappa shape index (κ3) is 7.29. The summed E-state index contributed by atoms with van der Waals surface area (Å²) in [6.07, 6.45) is 3.30. The molecule has 61 heavy (non-hydrogen) atoms. The van der Waals surface area contributed by atoms with Gasteiger partial charge in [-0.25, -0.2) is 19.6 Å². The van der Waals surface area contributed by atoms with Crippen molar-refractivity contribution in [1.29, 1.82) is 0 Å². The summed E-state index contributed by atoms with van der Waals surface area (Å²) in [4.78, 5) is 73.3. The molecule has 2 aromatic heterocycles. The lowest BCUT2D eigenvalue weighted by Gasteiger charge is -2.37. The molecule has 0 radical (unpaired) electrons. The third-order valence-electron chi connectivity index (χ3n) is 13.1. The van der Waals surface area contributed by atoms with Crippen molar-refractivity contribution in [2.75, 3.05) is 20.8 Å². The highest BCUT2D eigenvalue weighted by atomic mass is 16.5. The van der Waals surface area contributed by atoms with Gasteiger partial charge in [-0.1, -0.05) is 71.5 Å². The van der Waals surface area contributed by atoms with Crippen LogP contribution in [0.4, 0.5) is 9.59 Å². The molecule has 14 nitrogen and oxygen atoms in total. The molecule has 4 N–H and O–H groups in total. The number of ether oxygens (including phenoxy) is 2. The molecular formula is C47H56N8O6. The molecule has 4 heterocycles. The van der Waals surface area contributed by atoms with Crippen molar-refractivity contribution in [1.82, 2.24) is 40.4 Å². The number of nitrogens with one attached hydrogen (secondary N) is 4. The summed E-state index contributed by atoms with van der Waals surface area (Å²) in [6, 6.07) is 19.5. The number of carbonyl (C=O) groups is 4. The summed E-state index contributed by atoms with van der Waals surface area (Å²) in [6.45, 7) is 8.28. The van der Waals surface area contributed by atoms with E-state index in [1.54, 1.807) is 0 Å². The number of alkyl carbamates (subject to hydrolysis) is 2. The van der Waals surface area contributed by atoms with Crippen molar-refractivity contribution >= 4 is 67.6 Å². The quantitative estimate of drug-likeness (QED) is 0.112. The molecule has 3 fully saturated rings. The lowest BCUT2D eigenvalue weighted by Crippen LogP contribution is -2.54. The van der Waals surface area contributed by atoms with Crippen LogP contribution in [0.1, 0.15) is 91.0 Å². The lowest BCUT2D eigenvalue weighted by atomic mass is 9.95. The first-order chi connectivity index (χ1) is 28.9. The molecule has 1 aliphatic carbocycles. The fraction of sp³-hybridized carbons (Fsp3) is 0.447. The number of imidazole rings is 2. The number of likely N-dealkylation sites (tertiary alicyclic amines) is 2. The van der Waals surface area contributed by atoms with Gasteiger partial charge in [-0.05, 0) is 96.0 Å². The van der Waals surface area contributed by atoms with Gasteiger partial charge in [-0.15, -0.1) is 0 Å². The molecule has 6 atom stereocenters. The second kappa shape index (κ2) is 16.4. The highest BCUT2D eigenvalue weighted by Gasteiger charge is 2.51. The van der Waals surface area contributed by atoms with Gasteiger partial charge in [0.1, 0.15) is 23.7 Å². The van der Waals surface area contributed by atoms with Crippen LogP contribution in [0, 0.1) is 17.8 Å². The fourth-order valence-electron chi connectivity index (χ4n) is 10.0. The predicted molar refractivity (Wildman–Crippen MR) is 236 cm³/mol. The molecule has 4 aromatic carbocycles. The van der Waals surface area contributed by atoms with E-state index < -0.39 is 24.3 Å². The van der Waals surface area contributed by atoms with Crippen LogP contribution in [0.25, 0.3) is 54.7 Å². The van der Waals surface area contributed by atoms with Crippen LogP contribution < -0.4 is 10.6 Å². The van der Waals surface area contributed by atoms with E-state index in [9.17, 15) is 19.2 Å². The van der Waals surface area contributed by atoms with Crippen LogP contribution >= 0.6 is 0 Å². The number of carbonyl (C=O) groups excluding carboxylic acids is 4. The van der Waals surface area contributed by atoms with Gasteiger partial charge in [-0.2, -0.15) is 0 Å². The van der Waals surface area contributed by atoms with Gasteiger partial charge in [0.05, 0.1) is 48.4 Å². The highest BCUT2D eigenvalue weighted by Crippen LogP contribution is 2.50. The maximum absolute atomic E-state index is 14.1. The van der Waals surface area contributed by atoms with Crippen molar-refractivity contribution in [2.24, 2.45) is 17.8 Å². The number of benzene rings is 4. The molecular weight excluding hydrogens is 773 g/mol. The van der Waals surface area contributed by atoms with Gasteiger partial charge in [0.25, 0.3) is 0 Å². The molecule has 9 rings (SSSR count). The zero-order valence-corrected chi connectivity index (χ0v) is 34.9. The lowest BCUT2D eigenvalue weighted by molar-refractivity contribution is -0.139. The second-order valence-electron chi connectivity index (χ2n) is 17.4. The molecule has 1 saturated carbocycles. The predicted octanol–water partition coefficient (Wildman–Crippen LogP) is 8.53. The zero-order chi connectivity index (χ0) is 42.0. The average Bonchev–Trinajstić information content (AvgIpc) is 4.11. The Morgan fingerprint density at radius 2 is 1.25 bits per heavy atom. The average molecular weight is 829 g/mol. The van der Waals surface area contributed by atoms with Crippen molar-refractivity contribution in [3.8, 4) is 11.1 Å². The minimum absolute atomic E-state index is 0. The highest BCUT2D eigenvalue weighted by molar-refractivity contribution is 6.07. The smallest absolute Gasteiger partial charge is 0.407 e. The molecule has 3 aliphatic rings. The number of aromatic nitrogens is 4. The molecule has 0 unspecified atom stereocenters. The van der Waals surface area contributed by atoms with E-state index in [1.165, 1.54) is 14.2 Å². The van der Waals surface area contributed by atoms with E-state index in [0.717, 1.165) is 98.5 Å². The van der Waals surface area contributed by atoms with Crippen molar-refractivity contribution in [2.45, 2.75) is 97.4 Å². The van der Waals surface area contributed by atoms with Gasteiger partial charge in [0, 0.05) is 23.4 Å². The third-order valence-corrected chi connectivity index (χ3v) is 13.1. The van der Waals surface area contributed by atoms with Crippen LogP contribution in [-0.2, 0) is 19.1 Å². The number of nitrogens with zero attached hydrogens (tertiary/aromatic N) is 4. The molecule has 2 saturated heterocycles. The number of piperidine rings is 1. The van der Waals surface area contributed by atoms with Gasteiger partial charge >= 0.3 is 12.2 Å². The Balaban J connectivity index is 0.00000514. The normalized spacial score (nSPS) is 20.8. The van der Waals surface area contributed by atoms with E-state index in [-0.39, 0.29) is 49.2 Å². The van der Waals surface area contributed by atoms with E-state index in [1.807, 2.05) is 43.6 Å². The first-order valence-corrected chi connectivity index (χ1v) is 21.1. The van der Waals surface area contributed by atoms with Crippen molar-refractivity contribution in [3.63, 3.8) is 0 Å². The standard InChI is InChI=1S/C46H52N8O6.CH4/c1-23(2)36(51-45(57)59-5)43(55)53-19-7-8-35(53)41-47-33-17-12-27-20-25(10-15-31(27)38(33)49-41)26-11-16-32-28(21-26)13-18-34-39(32)50-42(48-34)40-29-9-14-30(22-29)54(40)44(56)37(24(3)4)52-46(58)60-6;/h10-13,15-18,20-21,23-24,29-30,35-37,40H,7-9,14,19,22H2,1-6H3,(H,47,49)(H,48,50)(H,51,57)(H,52,58);1H4/t29-,30+,35-,36-,37-,40-;/m0./s1. The van der Waals surface area contributed by atoms with E-state index in [0.29, 0.717) is 12.5 Å². The molecule has 6 aromatic rings. The SMILES string of the molecule is C.COC(=O)N[C@H](C(=O)N1CCC[C@H]1c1nc2c(ccc3cc(-c4ccc5c(ccc6[nH]c([C@@H]7[C@H]8CC[C@H](C8)N7C(=O)[C@@H](NC(=O)OC)C(C)C)nc65)c4)ccc32)[nH]1)C(C)C. The first-order valence-electron chi connectivity index (χ1n) is 21.1. The van der Waals surface area contributed by atoms with E-state index >= 15 is 0 Å². The largest absolute Gasteiger partial charge is 0.453 e. The Kier molecular flexibility index (Phi) is 11.1. The van der Waals surface area contributed by atoms with Gasteiger partial charge in [0.2, 0.25) is 11.8 Å². The Labute approximate surface area is 355 Å². The van der Waals surface area contributed by atoms with Crippen LogP contribution in [0.3, 0.4) is 0 Å². The van der Waals surface area contributed by atoms with Crippen LogP contribution in [-0.4, -0.2) is 92.6 Å². The maximum Gasteiger partial charge on any atom is 0.407 e. The van der Waals surface area contributed by atoms with E-state index in [4.69, 9.17) is 19.4 Å². The monoisotopic (exact) mass is 828 g/mol. The second-order valence-corrected chi connectivity index (χ2v) is 17.4. The number of hydrogen-bond acceptors (Lipinski definition) is 8. The molecule has 0 spiro atoms. The zero-order valence-electron chi connectivity index (χ0n) is 34.9. The summed E-state index contributed by atoms with van der Waals surface area (Å²) < 4.78 is 9.65. The fourth-order valence-corrected chi connectivity index (χ4v) is 10.0. The summed E-state index contributed by atoms with van der Waals surface area (Å²) in [5.41, 5.74) is 5.70. The van der Waals surface area contributed by atoms with E-state index in [2.05, 4.69) is 75.2 Å². The van der Waals surface area contributed by atoms with Crippen molar-refractivity contribution in [3.05, 3.63) is 72.3 Å². The molecule has 4 amide bonds. The summed E-state index contributed by atoms with van der Waals surface area (Å²) >= 11 is 0. The number of fused-ring (bicyclic) bond motifs is 8. The Bertz CT molecular complexity index is 2670. The number of hydrogen-bond donors (Lipinski definition) is 4. The van der Waals surface area contributed by atoms with Crippen LogP contribution in [0.2, 0.25) is 0 Å². The van der Waals surface area contributed by atoms with Crippen LogP contribution in [0.5, 0.6) is 0 Å². The summed E-state index contributed by atoms with van der Waals surface area (Å²) in [7, 11) is 2.61. The topological polar surface area (TPSA) is 175 Å². The molecule has 2 aliphatic heterocycles. The van der Waals surface area contributed by atoms with Gasteiger partial charge in [0.15, 0.2) is 0 Å². The molecule has 2 bridgehead atoms. The number of rotatable bonds is 9. The number of aromatic amines is 2. The molecule has 14 heteroatoms. The molecule has 320 valence electrons. The maximum atomic E-state index is 14.1. The van der Waals surface area contributed by atoms with Gasteiger partial charge < -0.3 is 39.9 Å². The van der Waals surface area contributed by atoms with Crippen molar-refractivity contribution < 1.29 is 28.7 Å². The minimum Gasteiger partial charge on any atom is -0.453 e. The Hall–Kier alpha value is -6.18. The summed E-state index contributed by atoms with van der Waals surface area (Å²) in [5.74, 6) is 1.37. The van der Waals surface area contributed by atoms with Crippen LogP contribution in [0.15, 0.2) is 60.7 Å². The first kappa shape index (κ1) is 41.5. The number of amides is 4. The number of H-pyrrole nitrogens is 2. The summed E-state index contributed by atoms with van der Waals surface area (Å²) in [5, 5.41) is 9.66.